The van der Waals surface area contributed by atoms with Crippen molar-refractivity contribution in [1.29, 1.82) is 0 Å². The molecule has 0 radical (unpaired) electrons. The zero-order valence-electron chi connectivity index (χ0n) is 18.2. The molecular weight excluding hydrogens is 388 g/mol. The molecule has 0 amide bonds. The van der Waals surface area contributed by atoms with Crippen molar-refractivity contribution < 1.29 is 9.84 Å². The number of phenols is 1. The third-order valence-corrected chi connectivity index (χ3v) is 5.41. The van der Waals surface area contributed by atoms with Crippen molar-refractivity contribution in [3.63, 3.8) is 0 Å². The highest BCUT2D eigenvalue weighted by Gasteiger charge is 2.20. The lowest BCUT2D eigenvalue weighted by molar-refractivity contribution is 0.209. The Labute approximate surface area is 183 Å². The number of aromatic hydroxyl groups is 1. The van der Waals surface area contributed by atoms with E-state index in [-0.39, 0.29) is 11.9 Å². The van der Waals surface area contributed by atoms with E-state index >= 15 is 0 Å². The molecule has 3 aromatic rings. The third kappa shape index (κ3) is 5.95. The summed E-state index contributed by atoms with van der Waals surface area (Å²) in [4.78, 5) is 11.4. The molecule has 0 bridgehead atoms. The van der Waals surface area contributed by atoms with Gasteiger partial charge in [-0.2, -0.15) is 0 Å². The van der Waals surface area contributed by atoms with Gasteiger partial charge in [-0.05, 0) is 49.9 Å². The fourth-order valence-corrected chi connectivity index (χ4v) is 3.93. The molecule has 0 unspecified atom stereocenters. The van der Waals surface area contributed by atoms with Gasteiger partial charge in [-0.1, -0.05) is 30.3 Å². The molecule has 1 saturated heterocycles. The first-order valence-corrected chi connectivity index (χ1v) is 10.9. The molecule has 6 nitrogen and oxygen atoms in total. The molecule has 4 rings (SSSR count). The number of phenolic OH excluding ortho intramolecular Hbond substituents is 1. The molecular formula is C25H30N4O2. The van der Waals surface area contributed by atoms with Gasteiger partial charge in [0.05, 0.1) is 6.10 Å². The topological polar surface area (TPSA) is 70.5 Å². The summed E-state index contributed by atoms with van der Waals surface area (Å²) in [7, 11) is 0. The maximum atomic E-state index is 10.0. The van der Waals surface area contributed by atoms with Gasteiger partial charge < -0.3 is 15.2 Å². The van der Waals surface area contributed by atoms with Crippen molar-refractivity contribution in [3.05, 3.63) is 66.5 Å². The van der Waals surface area contributed by atoms with E-state index in [2.05, 4.69) is 32.3 Å². The van der Waals surface area contributed by atoms with Crippen LogP contribution in [0.3, 0.4) is 0 Å². The number of ether oxygens (including phenoxy) is 1. The summed E-state index contributed by atoms with van der Waals surface area (Å²) in [5.41, 5.74) is 3.21. The lowest BCUT2D eigenvalue weighted by Gasteiger charge is -2.32. The standard InChI is InChI=1S/C25H30N4O2/c1-18(2)31-24-13-19(12-23(30)14-24)17-29-10-8-22(9-11-29)28-25-26-15-21(16-27-25)20-6-4-3-5-7-20/h3-7,12-16,18,22,30H,8-11,17H2,1-2H3,(H,26,27,28). The number of hydrogen-bond donors (Lipinski definition) is 2. The third-order valence-electron chi connectivity index (χ3n) is 5.41. The number of benzene rings is 2. The molecule has 2 N–H and O–H groups in total. The quantitative estimate of drug-likeness (QED) is 0.579. The van der Waals surface area contributed by atoms with Crippen LogP contribution in [-0.2, 0) is 6.54 Å². The average molecular weight is 419 g/mol. The second-order valence-corrected chi connectivity index (χ2v) is 8.36. The van der Waals surface area contributed by atoms with Gasteiger partial charge in [0, 0.05) is 49.7 Å². The predicted molar refractivity (Wildman–Crippen MR) is 123 cm³/mol. The normalized spacial score (nSPS) is 15.2. The zero-order chi connectivity index (χ0) is 21.6. The van der Waals surface area contributed by atoms with Gasteiger partial charge in [0.1, 0.15) is 11.5 Å². The van der Waals surface area contributed by atoms with E-state index in [1.54, 1.807) is 6.07 Å². The summed E-state index contributed by atoms with van der Waals surface area (Å²) in [5, 5.41) is 13.5. The Morgan fingerprint density at radius 2 is 1.74 bits per heavy atom. The molecule has 6 heteroatoms. The Morgan fingerprint density at radius 3 is 2.42 bits per heavy atom. The average Bonchev–Trinajstić information content (AvgIpc) is 2.75. The molecule has 0 spiro atoms. The molecule has 0 saturated carbocycles. The highest BCUT2D eigenvalue weighted by molar-refractivity contribution is 5.61. The van der Waals surface area contributed by atoms with Gasteiger partial charge in [-0.3, -0.25) is 4.90 Å². The number of nitrogens with one attached hydrogen (secondary N) is 1. The molecule has 1 aliphatic heterocycles. The minimum absolute atomic E-state index is 0.0837. The molecule has 1 fully saturated rings. The van der Waals surface area contributed by atoms with Crippen LogP contribution in [0, 0.1) is 0 Å². The van der Waals surface area contributed by atoms with Crippen LogP contribution < -0.4 is 10.1 Å². The number of nitrogens with zero attached hydrogens (tertiary/aromatic N) is 3. The minimum Gasteiger partial charge on any atom is -0.508 e. The van der Waals surface area contributed by atoms with E-state index < -0.39 is 0 Å². The number of anilines is 1. The summed E-state index contributed by atoms with van der Waals surface area (Å²) < 4.78 is 5.74. The smallest absolute Gasteiger partial charge is 0.222 e. The van der Waals surface area contributed by atoms with E-state index in [9.17, 15) is 5.11 Å². The highest BCUT2D eigenvalue weighted by atomic mass is 16.5. The van der Waals surface area contributed by atoms with E-state index in [0.29, 0.717) is 12.0 Å². The Bertz CT molecular complexity index is 969. The van der Waals surface area contributed by atoms with E-state index in [0.717, 1.165) is 54.9 Å². The first-order chi connectivity index (χ1) is 15.0. The zero-order valence-corrected chi connectivity index (χ0v) is 18.2. The Morgan fingerprint density at radius 1 is 1.03 bits per heavy atom. The first kappa shape index (κ1) is 21.1. The van der Waals surface area contributed by atoms with Crippen molar-refractivity contribution in [2.24, 2.45) is 0 Å². The van der Waals surface area contributed by atoms with E-state index in [1.807, 2.05) is 56.6 Å². The first-order valence-electron chi connectivity index (χ1n) is 10.9. The Hall–Kier alpha value is -3.12. The molecule has 2 heterocycles. The lowest BCUT2D eigenvalue weighted by Crippen LogP contribution is -2.38. The number of hydrogen-bond acceptors (Lipinski definition) is 6. The summed E-state index contributed by atoms with van der Waals surface area (Å²) in [6, 6.07) is 16.0. The second-order valence-electron chi connectivity index (χ2n) is 8.36. The van der Waals surface area contributed by atoms with Crippen molar-refractivity contribution in [1.82, 2.24) is 14.9 Å². The van der Waals surface area contributed by atoms with Crippen molar-refractivity contribution >= 4 is 5.95 Å². The maximum Gasteiger partial charge on any atom is 0.222 e. The van der Waals surface area contributed by atoms with Gasteiger partial charge >= 0.3 is 0 Å². The van der Waals surface area contributed by atoms with Crippen LogP contribution in [0.2, 0.25) is 0 Å². The number of rotatable bonds is 7. The molecule has 162 valence electrons. The van der Waals surface area contributed by atoms with Crippen LogP contribution in [0.5, 0.6) is 11.5 Å². The Balaban J connectivity index is 1.29. The van der Waals surface area contributed by atoms with Gasteiger partial charge in [0.25, 0.3) is 0 Å². The fourth-order valence-electron chi connectivity index (χ4n) is 3.93. The molecule has 2 aromatic carbocycles. The summed E-state index contributed by atoms with van der Waals surface area (Å²) >= 11 is 0. The number of likely N-dealkylation sites (tertiary alicyclic amines) is 1. The molecule has 0 aliphatic carbocycles. The largest absolute Gasteiger partial charge is 0.508 e. The van der Waals surface area contributed by atoms with E-state index in [4.69, 9.17) is 4.74 Å². The number of piperidine rings is 1. The summed E-state index contributed by atoms with van der Waals surface area (Å²) in [6.07, 6.45) is 5.88. The van der Waals surface area contributed by atoms with Crippen LogP contribution in [0.4, 0.5) is 5.95 Å². The minimum atomic E-state index is 0.0837. The summed E-state index contributed by atoms with van der Waals surface area (Å²) in [5.74, 6) is 1.65. The van der Waals surface area contributed by atoms with Gasteiger partial charge in [0.15, 0.2) is 0 Å². The Kier molecular flexibility index (Phi) is 6.67. The molecule has 31 heavy (non-hydrogen) atoms. The fraction of sp³-hybridized carbons (Fsp3) is 0.360. The second kappa shape index (κ2) is 9.79. The van der Waals surface area contributed by atoms with Gasteiger partial charge in [0.2, 0.25) is 5.95 Å². The van der Waals surface area contributed by atoms with Crippen LogP contribution in [-0.4, -0.2) is 45.2 Å². The highest BCUT2D eigenvalue weighted by Crippen LogP contribution is 2.25. The van der Waals surface area contributed by atoms with Crippen molar-refractivity contribution in [2.75, 3.05) is 18.4 Å². The SMILES string of the molecule is CC(C)Oc1cc(O)cc(CN2CCC(Nc3ncc(-c4ccccc4)cn3)CC2)c1. The molecule has 1 aliphatic rings. The van der Waals surface area contributed by atoms with E-state index in [1.165, 1.54) is 0 Å². The van der Waals surface area contributed by atoms with Gasteiger partial charge in [-0.15, -0.1) is 0 Å². The lowest BCUT2D eigenvalue weighted by atomic mass is 10.0. The maximum absolute atomic E-state index is 10.0. The van der Waals surface area contributed by atoms with Gasteiger partial charge in [-0.25, -0.2) is 9.97 Å². The van der Waals surface area contributed by atoms with Crippen LogP contribution >= 0.6 is 0 Å². The molecule has 0 atom stereocenters. The van der Waals surface area contributed by atoms with Crippen molar-refractivity contribution in [3.8, 4) is 22.6 Å². The van der Waals surface area contributed by atoms with Crippen LogP contribution in [0.1, 0.15) is 32.3 Å². The monoisotopic (exact) mass is 418 g/mol. The van der Waals surface area contributed by atoms with Crippen molar-refractivity contribution in [2.45, 2.75) is 45.4 Å². The van der Waals surface area contributed by atoms with Crippen LogP contribution in [0.25, 0.3) is 11.1 Å². The van der Waals surface area contributed by atoms with Crippen LogP contribution in [0.15, 0.2) is 60.9 Å². The summed E-state index contributed by atoms with van der Waals surface area (Å²) in [6.45, 7) is 6.74. The molecule has 1 aromatic heterocycles. The predicted octanol–water partition coefficient (Wildman–Crippen LogP) is 4.71. The number of aromatic nitrogens is 2.